The molecule has 1 aliphatic carbocycles. The minimum absolute atomic E-state index is 0.0964. The van der Waals surface area contributed by atoms with E-state index in [1.165, 1.54) is 0 Å². The number of piperazine rings is 1. The summed E-state index contributed by atoms with van der Waals surface area (Å²) in [7, 11) is 0. The molecule has 0 spiro atoms. The van der Waals surface area contributed by atoms with Crippen molar-refractivity contribution in [2.24, 2.45) is 11.8 Å². The summed E-state index contributed by atoms with van der Waals surface area (Å²) >= 11 is 0. The summed E-state index contributed by atoms with van der Waals surface area (Å²) in [4.78, 5) is 28.8. The molecule has 0 radical (unpaired) electrons. The molecule has 1 heterocycles. The lowest BCUT2D eigenvalue weighted by molar-refractivity contribution is -0.187. The van der Waals surface area contributed by atoms with Gasteiger partial charge in [-0.25, -0.2) is 0 Å². The Morgan fingerprint density at radius 3 is 2.47 bits per heavy atom. The van der Waals surface area contributed by atoms with Gasteiger partial charge >= 0.3 is 6.18 Å². The van der Waals surface area contributed by atoms with E-state index in [2.05, 4.69) is 5.32 Å². The fraction of sp³-hybridized carbons (Fsp3) is 0.636. The molecule has 0 bridgehead atoms. The van der Waals surface area contributed by atoms with Crippen LogP contribution in [0, 0.1) is 25.7 Å². The third kappa shape index (κ3) is 5.53. The van der Waals surface area contributed by atoms with Crippen molar-refractivity contribution in [1.82, 2.24) is 9.80 Å². The first kappa shape index (κ1) is 22.6. The molecule has 1 aliphatic heterocycles. The molecule has 1 saturated heterocycles. The molecule has 3 rings (SSSR count). The van der Waals surface area contributed by atoms with Crippen LogP contribution in [-0.4, -0.2) is 60.5 Å². The molecule has 1 aromatic rings. The Morgan fingerprint density at radius 1 is 1.10 bits per heavy atom. The van der Waals surface area contributed by atoms with Crippen molar-refractivity contribution in [3.63, 3.8) is 0 Å². The van der Waals surface area contributed by atoms with E-state index >= 15 is 0 Å². The summed E-state index contributed by atoms with van der Waals surface area (Å²) in [6.07, 6.45) is -3.22. The molecule has 1 aromatic carbocycles. The van der Waals surface area contributed by atoms with Crippen molar-refractivity contribution in [3.8, 4) is 0 Å². The highest BCUT2D eigenvalue weighted by Gasteiger charge is 2.44. The average Bonchev–Trinajstić information content (AvgIpc) is 2.71. The number of halogens is 3. The normalized spacial score (nSPS) is 23.3. The zero-order valence-corrected chi connectivity index (χ0v) is 17.6. The number of hydrogen-bond acceptors (Lipinski definition) is 3. The van der Waals surface area contributed by atoms with E-state index < -0.39 is 18.0 Å². The maximum atomic E-state index is 13.0. The molecular weight excluding hydrogens is 395 g/mol. The molecule has 2 aliphatic rings. The molecule has 0 unspecified atom stereocenters. The number of nitrogens with zero attached hydrogens (tertiary/aromatic N) is 2. The molecule has 1 saturated carbocycles. The Balaban J connectivity index is 1.47. The first-order chi connectivity index (χ1) is 14.1. The van der Waals surface area contributed by atoms with Gasteiger partial charge in [0.05, 0.1) is 12.5 Å². The second kappa shape index (κ2) is 9.37. The van der Waals surface area contributed by atoms with E-state index in [9.17, 15) is 22.8 Å². The number of carbonyl (C=O) groups excluding carboxylic acids is 2. The predicted molar refractivity (Wildman–Crippen MR) is 109 cm³/mol. The van der Waals surface area contributed by atoms with Crippen molar-refractivity contribution in [2.75, 3.05) is 38.0 Å². The van der Waals surface area contributed by atoms with Crippen LogP contribution >= 0.6 is 0 Å². The molecule has 1 N–H and O–H groups in total. The van der Waals surface area contributed by atoms with E-state index in [-0.39, 0.29) is 31.2 Å². The van der Waals surface area contributed by atoms with Crippen LogP contribution in [0.25, 0.3) is 0 Å². The van der Waals surface area contributed by atoms with Gasteiger partial charge in [-0.3, -0.25) is 14.5 Å². The van der Waals surface area contributed by atoms with Crippen molar-refractivity contribution in [2.45, 2.75) is 45.7 Å². The summed E-state index contributed by atoms with van der Waals surface area (Å²) in [6.45, 7) is 6.16. The van der Waals surface area contributed by atoms with Crippen LogP contribution in [0.4, 0.5) is 18.9 Å². The molecule has 8 heteroatoms. The fourth-order valence-electron chi connectivity index (χ4n) is 4.38. The lowest BCUT2D eigenvalue weighted by Crippen LogP contribution is -2.52. The highest BCUT2D eigenvalue weighted by atomic mass is 19.4. The Kier molecular flexibility index (Phi) is 7.06. The van der Waals surface area contributed by atoms with Gasteiger partial charge in [-0.1, -0.05) is 18.6 Å². The topological polar surface area (TPSA) is 52.7 Å². The highest BCUT2D eigenvalue weighted by Crippen LogP contribution is 2.40. The van der Waals surface area contributed by atoms with Crippen molar-refractivity contribution < 1.29 is 22.8 Å². The van der Waals surface area contributed by atoms with Crippen LogP contribution < -0.4 is 5.32 Å². The van der Waals surface area contributed by atoms with E-state index in [0.29, 0.717) is 39.0 Å². The van der Waals surface area contributed by atoms with Crippen LogP contribution in [0.3, 0.4) is 0 Å². The lowest BCUT2D eigenvalue weighted by atomic mass is 9.80. The van der Waals surface area contributed by atoms with Gasteiger partial charge in [0.1, 0.15) is 0 Å². The maximum Gasteiger partial charge on any atom is 0.391 e. The minimum Gasteiger partial charge on any atom is -0.340 e. The summed E-state index contributed by atoms with van der Waals surface area (Å²) in [5.74, 6) is -2.17. The molecule has 5 nitrogen and oxygen atoms in total. The van der Waals surface area contributed by atoms with Gasteiger partial charge in [0.25, 0.3) is 0 Å². The fourth-order valence-corrected chi connectivity index (χ4v) is 4.38. The number of amides is 2. The molecule has 2 atom stereocenters. The van der Waals surface area contributed by atoms with Crippen molar-refractivity contribution in [1.29, 1.82) is 0 Å². The number of nitrogens with one attached hydrogen (secondary N) is 1. The quantitative estimate of drug-likeness (QED) is 0.799. The molecular formula is C22H30F3N3O2. The van der Waals surface area contributed by atoms with Gasteiger partial charge < -0.3 is 10.2 Å². The Morgan fingerprint density at radius 2 is 1.80 bits per heavy atom. The van der Waals surface area contributed by atoms with Gasteiger partial charge in [0, 0.05) is 37.8 Å². The van der Waals surface area contributed by atoms with E-state index in [0.717, 1.165) is 16.8 Å². The van der Waals surface area contributed by atoms with Crippen LogP contribution in [0.1, 0.15) is 36.8 Å². The molecule has 166 valence electrons. The number of aryl methyl sites for hydroxylation is 1. The SMILES string of the molecule is Cc1cccc(NC(=O)CN2CCN(C(=O)[C@@H]3CCC[C@H](C(F)(F)F)C3)CC2)c1C. The number of anilines is 1. The number of alkyl halides is 3. The maximum absolute atomic E-state index is 13.0. The van der Waals surface area contributed by atoms with Crippen molar-refractivity contribution in [3.05, 3.63) is 29.3 Å². The van der Waals surface area contributed by atoms with Gasteiger partial charge in [-0.15, -0.1) is 0 Å². The van der Waals surface area contributed by atoms with Crippen LogP contribution in [0.2, 0.25) is 0 Å². The summed E-state index contributed by atoms with van der Waals surface area (Å²) in [6, 6.07) is 5.76. The largest absolute Gasteiger partial charge is 0.391 e. The number of carbonyl (C=O) groups is 2. The van der Waals surface area contributed by atoms with Gasteiger partial charge in [-0.2, -0.15) is 13.2 Å². The smallest absolute Gasteiger partial charge is 0.340 e. The lowest BCUT2D eigenvalue weighted by Gasteiger charge is -2.38. The summed E-state index contributed by atoms with van der Waals surface area (Å²) < 4.78 is 39.1. The van der Waals surface area contributed by atoms with Crippen LogP contribution in [0.5, 0.6) is 0 Å². The Bertz CT molecular complexity index is 773. The second-order valence-corrected chi connectivity index (χ2v) is 8.50. The Labute approximate surface area is 175 Å². The highest BCUT2D eigenvalue weighted by molar-refractivity contribution is 5.93. The third-order valence-electron chi connectivity index (χ3n) is 6.42. The van der Waals surface area contributed by atoms with E-state index in [1.54, 1.807) is 4.90 Å². The monoisotopic (exact) mass is 425 g/mol. The van der Waals surface area contributed by atoms with Crippen LogP contribution in [0.15, 0.2) is 18.2 Å². The number of rotatable bonds is 4. The van der Waals surface area contributed by atoms with E-state index in [4.69, 9.17) is 0 Å². The Hall–Kier alpha value is -2.09. The summed E-state index contributed by atoms with van der Waals surface area (Å²) in [5, 5.41) is 2.94. The predicted octanol–water partition coefficient (Wildman–Crippen LogP) is 3.75. The number of hydrogen-bond donors (Lipinski definition) is 1. The van der Waals surface area contributed by atoms with E-state index in [1.807, 2.05) is 36.9 Å². The molecule has 2 fully saturated rings. The van der Waals surface area contributed by atoms with Gasteiger partial charge in [-0.05, 0) is 50.3 Å². The van der Waals surface area contributed by atoms with Crippen LogP contribution in [-0.2, 0) is 9.59 Å². The standard InChI is InChI=1S/C22H30F3N3O2/c1-15-5-3-8-19(16(15)2)26-20(29)14-27-9-11-28(12-10-27)21(30)17-6-4-7-18(13-17)22(23,24)25/h3,5,8,17-18H,4,6-7,9-14H2,1-2H3,(H,26,29)/t17-,18+/m1/s1. The van der Waals surface area contributed by atoms with Gasteiger partial charge in [0.2, 0.25) is 11.8 Å². The first-order valence-corrected chi connectivity index (χ1v) is 10.6. The third-order valence-corrected chi connectivity index (χ3v) is 6.42. The average molecular weight is 425 g/mol. The second-order valence-electron chi connectivity index (χ2n) is 8.50. The number of benzene rings is 1. The zero-order chi connectivity index (χ0) is 21.9. The molecule has 0 aromatic heterocycles. The van der Waals surface area contributed by atoms with Crippen molar-refractivity contribution >= 4 is 17.5 Å². The summed E-state index contributed by atoms with van der Waals surface area (Å²) in [5.41, 5.74) is 2.94. The molecule has 30 heavy (non-hydrogen) atoms. The first-order valence-electron chi connectivity index (χ1n) is 10.6. The zero-order valence-electron chi connectivity index (χ0n) is 17.6. The minimum atomic E-state index is -4.22. The van der Waals surface area contributed by atoms with Gasteiger partial charge in [0.15, 0.2) is 0 Å². The molecule has 2 amide bonds.